The van der Waals surface area contributed by atoms with Crippen LogP contribution in [0.3, 0.4) is 0 Å². The average Bonchev–Trinajstić information content (AvgIpc) is 3.32. The van der Waals surface area contributed by atoms with Gasteiger partial charge in [-0.05, 0) is 28.4 Å². The van der Waals surface area contributed by atoms with Crippen LogP contribution in [-0.4, -0.2) is 44.7 Å². The highest BCUT2D eigenvalue weighted by Gasteiger charge is 2.62. The molecule has 0 saturated carbocycles. The molecular weight excluding hydrogens is 340 g/mol. The molecule has 4 atom stereocenters. The molecule has 0 spiro atoms. The Morgan fingerprint density at radius 3 is 2.15 bits per heavy atom. The van der Waals surface area contributed by atoms with Crippen molar-refractivity contribution in [3.05, 3.63) is 71.8 Å². The van der Waals surface area contributed by atoms with E-state index in [0.717, 1.165) is 18.3 Å². The second-order valence-electron chi connectivity index (χ2n) is 7.66. The lowest BCUT2D eigenvalue weighted by Gasteiger charge is -2.24. The van der Waals surface area contributed by atoms with Gasteiger partial charge in [0.15, 0.2) is 0 Å². The van der Waals surface area contributed by atoms with E-state index >= 15 is 0 Å². The Morgan fingerprint density at radius 2 is 1.50 bits per heavy atom. The van der Waals surface area contributed by atoms with Crippen LogP contribution in [0.15, 0.2) is 60.7 Å². The van der Waals surface area contributed by atoms with Gasteiger partial charge < -0.3 is 9.80 Å². The van der Waals surface area contributed by atoms with Gasteiger partial charge in [0.1, 0.15) is 28.8 Å². The van der Waals surface area contributed by atoms with Crippen molar-refractivity contribution in [3.8, 4) is 0 Å². The first-order valence-corrected chi connectivity index (χ1v) is 11.3. The quantitative estimate of drug-likeness (QED) is 0.599. The fourth-order valence-corrected chi connectivity index (χ4v) is 8.26. The summed E-state index contributed by atoms with van der Waals surface area (Å²) in [7, 11) is 0.515. The second-order valence-corrected chi connectivity index (χ2v) is 10.1. The van der Waals surface area contributed by atoms with Gasteiger partial charge in [-0.2, -0.15) is 0 Å². The van der Waals surface area contributed by atoms with Gasteiger partial charge in [0.05, 0.1) is 0 Å². The zero-order valence-corrected chi connectivity index (χ0v) is 15.8. The Morgan fingerprint density at radius 1 is 0.885 bits per heavy atom. The van der Waals surface area contributed by atoms with Gasteiger partial charge in [-0.25, -0.2) is 4.79 Å². The lowest BCUT2D eigenvalue weighted by Crippen LogP contribution is -2.41. The molecule has 2 aromatic rings. The van der Waals surface area contributed by atoms with Crippen molar-refractivity contribution >= 4 is 16.9 Å². The highest BCUT2D eigenvalue weighted by Crippen LogP contribution is 2.43. The van der Waals surface area contributed by atoms with Crippen molar-refractivity contribution in [1.29, 1.82) is 0 Å². The number of benzene rings is 2. The number of urea groups is 1. The fourth-order valence-electron chi connectivity index (χ4n) is 4.96. The molecule has 0 aliphatic carbocycles. The number of amides is 2. The maximum absolute atomic E-state index is 13.4. The molecule has 2 amide bonds. The normalized spacial score (nSPS) is 29.9. The highest BCUT2D eigenvalue weighted by molar-refractivity contribution is 7.98. The van der Waals surface area contributed by atoms with Crippen molar-refractivity contribution in [3.63, 3.8) is 0 Å². The zero-order chi connectivity index (χ0) is 17.5. The number of hydrogen-bond donors (Lipinski definition) is 0. The van der Waals surface area contributed by atoms with Crippen molar-refractivity contribution in [2.45, 2.75) is 43.3 Å². The van der Waals surface area contributed by atoms with Crippen LogP contribution < -0.4 is 0 Å². The summed E-state index contributed by atoms with van der Waals surface area (Å²) in [5.41, 5.74) is 2.48. The highest BCUT2D eigenvalue weighted by atomic mass is 32.2. The zero-order valence-electron chi connectivity index (χ0n) is 15.0. The number of hydrogen-bond acceptors (Lipinski definition) is 1. The van der Waals surface area contributed by atoms with Crippen LogP contribution in [0.25, 0.3) is 0 Å². The van der Waals surface area contributed by atoms with Gasteiger partial charge >= 0.3 is 6.03 Å². The van der Waals surface area contributed by atoms with E-state index in [0.29, 0.717) is 23.0 Å². The summed E-state index contributed by atoms with van der Waals surface area (Å²) < 4.78 is 0. The molecule has 3 aliphatic rings. The van der Waals surface area contributed by atoms with E-state index in [4.69, 9.17) is 0 Å². The number of rotatable bonds is 4. The summed E-state index contributed by atoms with van der Waals surface area (Å²) in [4.78, 5) is 17.7. The van der Waals surface area contributed by atoms with E-state index in [1.807, 2.05) is 12.1 Å². The molecule has 2 aromatic carbocycles. The van der Waals surface area contributed by atoms with Crippen LogP contribution >= 0.6 is 0 Å². The summed E-state index contributed by atoms with van der Waals surface area (Å²) in [6.07, 6.45) is 2.66. The van der Waals surface area contributed by atoms with Crippen LogP contribution in [0.5, 0.6) is 0 Å². The monoisotopic (exact) mass is 365 g/mol. The van der Waals surface area contributed by atoms with Crippen molar-refractivity contribution in [1.82, 2.24) is 9.80 Å². The first-order valence-electron chi connectivity index (χ1n) is 9.62. The molecule has 1 unspecified atom stereocenters. The largest absolute Gasteiger partial charge is 0.321 e. The summed E-state index contributed by atoms with van der Waals surface area (Å²) in [6, 6.07) is 22.0. The molecule has 3 nitrogen and oxygen atoms in total. The Bertz CT molecular complexity index is 781. The fraction of sp³-hybridized carbons (Fsp3) is 0.409. The van der Waals surface area contributed by atoms with Crippen molar-refractivity contribution in [2.24, 2.45) is 0 Å². The number of nitrogens with zero attached hydrogens (tertiary/aromatic N) is 2. The lowest BCUT2D eigenvalue weighted by molar-refractivity contribution is 0.180. The van der Waals surface area contributed by atoms with Gasteiger partial charge in [0.25, 0.3) is 0 Å². The maximum Gasteiger partial charge on any atom is 0.321 e. The number of carbonyl (C=O) groups is 1. The summed E-state index contributed by atoms with van der Waals surface area (Å²) >= 11 is 0. The van der Waals surface area contributed by atoms with E-state index in [1.54, 1.807) is 0 Å². The summed E-state index contributed by atoms with van der Waals surface area (Å²) in [6.45, 7) is 1.50. The Hall–Kier alpha value is -1.94. The first kappa shape index (κ1) is 16.2. The minimum Gasteiger partial charge on any atom is -0.310 e. The minimum atomic E-state index is 0.239. The van der Waals surface area contributed by atoms with Crippen LogP contribution in [0, 0.1) is 0 Å². The van der Waals surface area contributed by atoms with Crippen LogP contribution in [0.1, 0.15) is 24.0 Å². The van der Waals surface area contributed by atoms with Gasteiger partial charge in [-0.3, -0.25) is 0 Å². The van der Waals surface area contributed by atoms with Gasteiger partial charge in [0, 0.05) is 19.5 Å². The Kier molecular flexibility index (Phi) is 4.16. The standard InChI is InChI=1S/C22H25N2OS/c25-22-23(14-17-8-3-1-4-9-17)19-16-26-13-7-12-20(26)21(19)24(22)15-18-10-5-2-6-11-18/h1-6,8-11,19-21H,7,12-16H2/q+1/t19-,20-,21+,26?/m1/s1. The van der Waals surface area contributed by atoms with E-state index in [-0.39, 0.29) is 6.03 Å². The molecule has 0 aromatic heterocycles. The topological polar surface area (TPSA) is 23.6 Å². The first-order chi connectivity index (χ1) is 12.8. The third-order valence-electron chi connectivity index (χ3n) is 6.13. The Labute approximate surface area is 158 Å². The SMILES string of the molecule is O=C1N(Cc2ccccc2)[C@H]2[C@@H](C[S+]3CCC[C@H]23)N1Cc1ccccc1. The molecule has 4 heteroatoms. The maximum atomic E-state index is 13.4. The molecule has 0 radical (unpaired) electrons. The molecule has 0 bridgehead atoms. The molecule has 3 aliphatic heterocycles. The predicted octanol–water partition coefficient (Wildman–Crippen LogP) is 3.66. The summed E-state index contributed by atoms with van der Waals surface area (Å²) in [5, 5.41) is 0.730. The van der Waals surface area contributed by atoms with E-state index < -0.39 is 0 Å². The smallest absolute Gasteiger partial charge is 0.310 e. The molecule has 134 valence electrons. The van der Waals surface area contributed by atoms with Crippen molar-refractivity contribution in [2.75, 3.05) is 11.5 Å². The van der Waals surface area contributed by atoms with Crippen LogP contribution in [0.4, 0.5) is 4.79 Å². The third kappa shape index (κ3) is 2.71. The second kappa shape index (κ2) is 6.66. The Balaban J connectivity index is 1.45. The minimum absolute atomic E-state index is 0.239. The molecule has 3 saturated heterocycles. The van der Waals surface area contributed by atoms with Gasteiger partial charge in [-0.1, -0.05) is 60.7 Å². The number of carbonyl (C=O) groups excluding carboxylic acids is 1. The van der Waals surface area contributed by atoms with E-state index in [1.165, 1.54) is 35.5 Å². The molecule has 5 rings (SSSR count). The van der Waals surface area contributed by atoms with E-state index in [9.17, 15) is 4.79 Å². The van der Waals surface area contributed by atoms with E-state index in [2.05, 4.69) is 58.3 Å². The predicted molar refractivity (Wildman–Crippen MR) is 107 cm³/mol. The third-order valence-corrected chi connectivity index (χ3v) is 9.08. The van der Waals surface area contributed by atoms with Crippen LogP contribution in [0.2, 0.25) is 0 Å². The summed E-state index contributed by atoms with van der Waals surface area (Å²) in [5.74, 6) is 2.60. The molecule has 0 N–H and O–H groups in total. The van der Waals surface area contributed by atoms with Crippen LogP contribution in [-0.2, 0) is 24.0 Å². The lowest BCUT2D eigenvalue weighted by atomic mass is 10.0. The molecule has 26 heavy (non-hydrogen) atoms. The van der Waals surface area contributed by atoms with Gasteiger partial charge in [0.2, 0.25) is 0 Å². The number of fused-ring (bicyclic) bond motifs is 3. The van der Waals surface area contributed by atoms with Crippen molar-refractivity contribution < 1.29 is 4.79 Å². The molecule has 3 heterocycles. The molecule has 3 fully saturated rings. The average molecular weight is 366 g/mol. The molecular formula is C22H25N2OS+. The van der Waals surface area contributed by atoms with Gasteiger partial charge in [-0.15, -0.1) is 0 Å².